The summed E-state index contributed by atoms with van der Waals surface area (Å²) in [6.07, 6.45) is 0. The van der Waals surface area contributed by atoms with Gasteiger partial charge in [-0.2, -0.15) is 0 Å². The highest BCUT2D eigenvalue weighted by Gasteiger charge is 2.14. The van der Waals surface area contributed by atoms with E-state index in [1.54, 1.807) is 30.3 Å². The number of rotatable bonds is 4. The molecule has 25 heavy (non-hydrogen) atoms. The Morgan fingerprint density at radius 1 is 0.560 bits per heavy atom. The third-order valence-corrected chi connectivity index (χ3v) is 3.67. The number of benzene rings is 3. The molecule has 0 aliphatic heterocycles. The molecule has 2 nitrogen and oxygen atoms in total. The Kier molecular flexibility index (Phi) is 6.41. The molecule has 0 atom stereocenters. The average Bonchev–Trinajstić information content (AvgIpc) is 2.69. The number of aryl methyl sites for hydroxylation is 1. The van der Waals surface area contributed by atoms with Gasteiger partial charge in [0, 0.05) is 22.3 Å². The minimum atomic E-state index is -0.0728. The van der Waals surface area contributed by atoms with Crippen LogP contribution in [0.3, 0.4) is 0 Å². The first-order valence-electron chi connectivity index (χ1n) is 8.46. The van der Waals surface area contributed by atoms with Gasteiger partial charge in [0.15, 0.2) is 11.6 Å². The molecule has 0 N–H and O–H groups in total. The van der Waals surface area contributed by atoms with Crippen LogP contribution in [0.5, 0.6) is 0 Å². The van der Waals surface area contributed by atoms with Crippen LogP contribution in [0, 0.1) is 6.92 Å². The fourth-order valence-corrected chi connectivity index (χ4v) is 2.56. The summed E-state index contributed by atoms with van der Waals surface area (Å²) in [5.74, 6) is -0.146. The van der Waals surface area contributed by atoms with Crippen LogP contribution in [0.25, 0.3) is 0 Å². The molecule has 0 amide bonds. The zero-order valence-electron chi connectivity index (χ0n) is 14.8. The maximum Gasteiger partial charge on any atom is 0.193 e. The van der Waals surface area contributed by atoms with Crippen molar-refractivity contribution < 1.29 is 9.59 Å². The highest BCUT2D eigenvalue weighted by Crippen LogP contribution is 2.17. The molecule has 0 bridgehead atoms. The Hall–Kier alpha value is -3.00. The second kappa shape index (κ2) is 8.74. The van der Waals surface area contributed by atoms with Crippen molar-refractivity contribution in [3.63, 3.8) is 0 Å². The van der Waals surface area contributed by atoms with E-state index in [2.05, 4.69) is 0 Å². The molecule has 0 aliphatic rings. The molecule has 0 saturated carbocycles. The van der Waals surface area contributed by atoms with Crippen LogP contribution < -0.4 is 0 Å². The van der Waals surface area contributed by atoms with Gasteiger partial charge in [-0.15, -0.1) is 0 Å². The normalized spacial score (nSPS) is 9.72. The number of carbonyl (C=O) groups excluding carboxylic acids is 2. The molecule has 3 aromatic rings. The van der Waals surface area contributed by atoms with Crippen LogP contribution in [0.15, 0.2) is 78.9 Å². The molecule has 0 radical (unpaired) electrons. The summed E-state index contributed by atoms with van der Waals surface area (Å²) < 4.78 is 0. The highest BCUT2D eigenvalue weighted by molar-refractivity contribution is 6.13. The molecule has 0 unspecified atom stereocenters. The smallest absolute Gasteiger partial charge is 0.193 e. The Morgan fingerprint density at radius 2 is 0.920 bits per heavy atom. The van der Waals surface area contributed by atoms with E-state index in [4.69, 9.17) is 0 Å². The molecule has 0 spiro atoms. The summed E-state index contributed by atoms with van der Waals surface area (Å²) in [6.45, 7) is 5.89. The Morgan fingerprint density at radius 3 is 1.28 bits per heavy atom. The minimum Gasteiger partial charge on any atom is -0.289 e. The van der Waals surface area contributed by atoms with E-state index in [-0.39, 0.29) is 11.6 Å². The van der Waals surface area contributed by atoms with Crippen molar-refractivity contribution in [3.05, 3.63) is 107 Å². The predicted octanol–water partition coefficient (Wildman–Crippen LogP) is 5.48. The molecule has 3 aromatic carbocycles. The zero-order valence-corrected chi connectivity index (χ0v) is 14.8. The lowest BCUT2D eigenvalue weighted by atomic mass is 9.95. The van der Waals surface area contributed by atoms with Gasteiger partial charge in [0.1, 0.15) is 0 Å². The Balaban J connectivity index is 0.00000109. The van der Waals surface area contributed by atoms with E-state index < -0.39 is 0 Å². The monoisotopic (exact) mass is 330 g/mol. The SMILES string of the molecule is CC.Cc1cc(C(=O)c2ccccc2)cc(C(=O)c2ccccc2)c1. The van der Waals surface area contributed by atoms with E-state index in [1.165, 1.54) is 0 Å². The van der Waals surface area contributed by atoms with Crippen molar-refractivity contribution in [1.29, 1.82) is 0 Å². The van der Waals surface area contributed by atoms with E-state index in [1.807, 2.05) is 69.3 Å². The molecule has 3 rings (SSSR count). The van der Waals surface area contributed by atoms with Gasteiger partial charge in [-0.1, -0.05) is 74.5 Å². The van der Waals surface area contributed by atoms with Crippen molar-refractivity contribution in [1.82, 2.24) is 0 Å². The molecule has 0 aromatic heterocycles. The molecule has 0 aliphatic carbocycles. The van der Waals surface area contributed by atoms with Gasteiger partial charge in [-0.05, 0) is 30.7 Å². The fourth-order valence-electron chi connectivity index (χ4n) is 2.56. The first-order chi connectivity index (χ1) is 12.1. The van der Waals surface area contributed by atoms with Crippen LogP contribution in [0.4, 0.5) is 0 Å². The van der Waals surface area contributed by atoms with Gasteiger partial charge in [0.25, 0.3) is 0 Å². The summed E-state index contributed by atoms with van der Waals surface area (Å²) in [5, 5.41) is 0. The van der Waals surface area contributed by atoms with Crippen molar-refractivity contribution in [2.75, 3.05) is 0 Å². The van der Waals surface area contributed by atoms with Crippen molar-refractivity contribution >= 4 is 11.6 Å². The van der Waals surface area contributed by atoms with E-state index in [0.29, 0.717) is 22.3 Å². The Labute approximate surface area is 149 Å². The second-order valence-corrected chi connectivity index (χ2v) is 5.48. The molecule has 2 heteroatoms. The Bertz CT molecular complexity index is 780. The van der Waals surface area contributed by atoms with Crippen molar-refractivity contribution in [2.24, 2.45) is 0 Å². The van der Waals surface area contributed by atoms with Crippen molar-refractivity contribution in [2.45, 2.75) is 20.8 Å². The maximum absolute atomic E-state index is 12.6. The zero-order chi connectivity index (χ0) is 18.2. The number of ketones is 2. The molecule has 0 heterocycles. The molecule has 0 fully saturated rings. The summed E-state index contributed by atoms with van der Waals surface area (Å²) in [7, 11) is 0. The van der Waals surface area contributed by atoms with E-state index >= 15 is 0 Å². The molecule has 0 saturated heterocycles. The lowest BCUT2D eigenvalue weighted by Crippen LogP contribution is -2.06. The van der Waals surface area contributed by atoms with Crippen LogP contribution in [0.2, 0.25) is 0 Å². The van der Waals surface area contributed by atoms with Gasteiger partial charge in [0.2, 0.25) is 0 Å². The topological polar surface area (TPSA) is 34.1 Å². The third kappa shape index (κ3) is 4.51. The summed E-state index contributed by atoms with van der Waals surface area (Å²) in [4.78, 5) is 25.2. The van der Waals surface area contributed by atoms with Crippen LogP contribution in [0.1, 0.15) is 51.3 Å². The highest BCUT2D eigenvalue weighted by atomic mass is 16.1. The lowest BCUT2D eigenvalue weighted by Gasteiger charge is -2.07. The van der Waals surface area contributed by atoms with Crippen LogP contribution in [-0.4, -0.2) is 11.6 Å². The third-order valence-electron chi connectivity index (χ3n) is 3.67. The standard InChI is InChI=1S/C21H16O2.C2H6/c1-15-12-18(20(22)16-8-4-2-5-9-16)14-19(13-15)21(23)17-10-6-3-7-11-17;1-2/h2-14H,1H3;1-2H3. The first-order valence-corrected chi connectivity index (χ1v) is 8.46. The largest absolute Gasteiger partial charge is 0.289 e. The maximum atomic E-state index is 12.6. The van der Waals surface area contributed by atoms with Gasteiger partial charge in [-0.3, -0.25) is 9.59 Å². The number of hydrogen-bond donors (Lipinski definition) is 0. The summed E-state index contributed by atoms with van der Waals surface area (Å²) in [6, 6.07) is 23.5. The van der Waals surface area contributed by atoms with Gasteiger partial charge in [0.05, 0.1) is 0 Å². The van der Waals surface area contributed by atoms with Crippen molar-refractivity contribution in [3.8, 4) is 0 Å². The first kappa shape index (κ1) is 18.3. The van der Waals surface area contributed by atoms with Gasteiger partial charge >= 0.3 is 0 Å². The second-order valence-electron chi connectivity index (χ2n) is 5.48. The van der Waals surface area contributed by atoms with Crippen LogP contribution >= 0.6 is 0 Å². The van der Waals surface area contributed by atoms with Gasteiger partial charge < -0.3 is 0 Å². The fraction of sp³-hybridized carbons (Fsp3) is 0.130. The molecular weight excluding hydrogens is 308 g/mol. The number of hydrogen-bond acceptors (Lipinski definition) is 2. The van der Waals surface area contributed by atoms with E-state index in [0.717, 1.165) is 5.56 Å². The van der Waals surface area contributed by atoms with E-state index in [9.17, 15) is 9.59 Å². The molecular formula is C23H22O2. The predicted molar refractivity (Wildman–Crippen MR) is 102 cm³/mol. The quantitative estimate of drug-likeness (QED) is 0.593. The summed E-state index contributed by atoms with van der Waals surface area (Å²) >= 11 is 0. The minimum absolute atomic E-state index is 0.0728. The summed E-state index contributed by atoms with van der Waals surface area (Å²) in [5.41, 5.74) is 3.21. The van der Waals surface area contributed by atoms with Crippen LogP contribution in [-0.2, 0) is 0 Å². The lowest BCUT2D eigenvalue weighted by molar-refractivity contribution is 0.103. The van der Waals surface area contributed by atoms with Gasteiger partial charge in [-0.25, -0.2) is 0 Å². The number of carbonyl (C=O) groups is 2. The average molecular weight is 330 g/mol. The molecule has 126 valence electrons.